The van der Waals surface area contributed by atoms with Crippen LogP contribution in [0.5, 0.6) is 0 Å². The quantitative estimate of drug-likeness (QED) is 0.917. The Morgan fingerprint density at radius 2 is 2.00 bits per heavy atom. The van der Waals surface area contributed by atoms with Crippen LogP contribution in [0.25, 0.3) is 0 Å². The Kier molecular flexibility index (Phi) is 3.93. The minimum atomic E-state index is -0.498. The van der Waals surface area contributed by atoms with Crippen LogP contribution < -0.4 is 5.32 Å². The number of anilines is 1. The van der Waals surface area contributed by atoms with E-state index in [2.05, 4.69) is 21.2 Å². The Bertz CT molecular complexity index is 679. The highest BCUT2D eigenvalue weighted by Gasteiger charge is 2.12. The molecule has 0 atom stereocenters. The summed E-state index contributed by atoms with van der Waals surface area (Å²) < 4.78 is 13.6. The number of carbonyl (C=O) groups excluding carboxylic acids is 1. The zero-order chi connectivity index (χ0) is 13.8. The molecule has 1 amide bonds. The summed E-state index contributed by atoms with van der Waals surface area (Å²) in [7, 11) is 0. The number of nitriles is 1. The average molecular weight is 319 g/mol. The van der Waals surface area contributed by atoms with Gasteiger partial charge in [-0.3, -0.25) is 4.79 Å². The average Bonchev–Trinajstić information content (AvgIpc) is 2.42. The molecule has 94 valence electrons. The summed E-state index contributed by atoms with van der Waals surface area (Å²) in [6.45, 7) is 0. The van der Waals surface area contributed by atoms with Crippen LogP contribution in [0, 0.1) is 17.1 Å². The highest BCUT2D eigenvalue weighted by atomic mass is 79.9. The molecule has 1 N–H and O–H groups in total. The summed E-state index contributed by atoms with van der Waals surface area (Å²) in [5.41, 5.74) is 0.919. The molecular formula is C14H8BrFN2O. The van der Waals surface area contributed by atoms with Crippen LogP contribution in [-0.4, -0.2) is 5.91 Å². The highest BCUT2D eigenvalue weighted by molar-refractivity contribution is 9.10. The molecule has 5 heteroatoms. The van der Waals surface area contributed by atoms with E-state index in [9.17, 15) is 9.18 Å². The number of benzene rings is 2. The van der Waals surface area contributed by atoms with Crippen molar-refractivity contribution in [2.24, 2.45) is 0 Å². The van der Waals surface area contributed by atoms with E-state index in [4.69, 9.17) is 5.26 Å². The zero-order valence-electron chi connectivity index (χ0n) is 9.65. The van der Waals surface area contributed by atoms with Gasteiger partial charge in [-0.25, -0.2) is 4.39 Å². The second kappa shape index (κ2) is 5.63. The molecule has 2 rings (SSSR count). The van der Waals surface area contributed by atoms with Crippen LogP contribution in [0.15, 0.2) is 46.9 Å². The molecule has 0 spiro atoms. The molecular weight excluding hydrogens is 311 g/mol. The number of hydrogen-bond donors (Lipinski definition) is 1. The molecule has 0 saturated carbocycles. The van der Waals surface area contributed by atoms with E-state index in [0.717, 1.165) is 6.07 Å². The largest absolute Gasteiger partial charge is 0.321 e. The Morgan fingerprint density at radius 1 is 1.26 bits per heavy atom. The van der Waals surface area contributed by atoms with E-state index in [1.165, 1.54) is 12.1 Å². The third kappa shape index (κ3) is 2.98. The maximum atomic E-state index is 13.1. The van der Waals surface area contributed by atoms with Gasteiger partial charge in [-0.2, -0.15) is 5.26 Å². The van der Waals surface area contributed by atoms with Crippen LogP contribution in [0.3, 0.4) is 0 Å². The lowest BCUT2D eigenvalue weighted by atomic mass is 10.1. The monoisotopic (exact) mass is 318 g/mol. The lowest BCUT2D eigenvalue weighted by Gasteiger charge is -2.08. The number of para-hydroxylation sites is 1. The minimum Gasteiger partial charge on any atom is -0.321 e. The van der Waals surface area contributed by atoms with Gasteiger partial charge in [0.25, 0.3) is 5.91 Å². The summed E-state index contributed by atoms with van der Waals surface area (Å²) in [5, 5.41) is 11.5. The van der Waals surface area contributed by atoms with Crippen molar-refractivity contribution in [3.05, 3.63) is 63.9 Å². The predicted octanol–water partition coefficient (Wildman–Crippen LogP) is 3.71. The number of carbonyl (C=O) groups is 1. The molecule has 0 heterocycles. The van der Waals surface area contributed by atoms with Gasteiger partial charge < -0.3 is 5.32 Å². The lowest BCUT2D eigenvalue weighted by Crippen LogP contribution is -2.13. The summed E-state index contributed by atoms with van der Waals surface area (Å²) in [4.78, 5) is 12.0. The van der Waals surface area contributed by atoms with Crippen LogP contribution in [0.1, 0.15) is 15.9 Å². The van der Waals surface area contributed by atoms with Crippen LogP contribution in [0.4, 0.5) is 10.1 Å². The minimum absolute atomic E-state index is 0.174. The normalized spacial score (nSPS) is 9.74. The van der Waals surface area contributed by atoms with Crippen molar-refractivity contribution >= 4 is 27.5 Å². The summed E-state index contributed by atoms with van der Waals surface area (Å²) >= 11 is 3.19. The number of halogens is 2. The van der Waals surface area contributed by atoms with Gasteiger partial charge in [0.1, 0.15) is 11.9 Å². The molecule has 0 fully saturated rings. The molecule has 0 aliphatic carbocycles. The van der Waals surface area contributed by atoms with Gasteiger partial charge >= 0.3 is 0 Å². The Balaban J connectivity index is 2.31. The van der Waals surface area contributed by atoms with Crippen LogP contribution in [-0.2, 0) is 0 Å². The molecule has 0 aliphatic rings. The van der Waals surface area contributed by atoms with E-state index in [1.54, 1.807) is 24.3 Å². The van der Waals surface area contributed by atoms with E-state index in [-0.39, 0.29) is 5.56 Å². The first kappa shape index (κ1) is 13.2. The van der Waals surface area contributed by atoms with Crippen molar-refractivity contribution in [3.8, 4) is 6.07 Å². The Labute approximate surface area is 117 Å². The second-order valence-corrected chi connectivity index (χ2v) is 4.59. The summed E-state index contributed by atoms with van der Waals surface area (Å²) in [6.07, 6.45) is 0. The van der Waals surface area contributed by atoms with Crippen molar-refractivity contribution in [3.63, 3.8) is 0 Å². The van der Waals surface area contributed by atoms with Gasteiger partial charge in [0, 0.05) is 4.47 Å². The maximum absolute atomic E-state index is 13.1. The van der Waals surface area contributed by atoms with Gasteiger partial charge in [-0.15, -0.1) is 0 Å². The second-order valence-electron chi connectivity index (χ2n) is 3.74. The zero-order valence-corrected chi connectivity index (χ0v) is 11.2. The van der Waals surface area contributed by atoms with Crippen molar-refractivity contribution in [1.82, 2.24) is 0 Å². The highest BCUT2D eigenvalue weighted by Crippen LogP contribution is 2.20. The van der Waals surface area contributed by atoms with Crippen LogP contribution >= 0.6 is 15.9 Å². The summed E-state index contributed by atoms with van der Waals surface area (Å²) in [5.74, 6) is -0.976. The van der Waals surface area contributed by atoms with E-state index >= 15 is 0 Å². The molecule has 2 aromatic carbocycles. The van der Waals surface area contributed by atoms with E-state index < -0.39 is 11.7 Å². The topological polar surface area (TPSA) is 52.9 Å². The number of nitrogens with one attached hydrogen (secondary N) is 1. The summed E-state index contributed by atoms with van der Waals surface area (Å²) in [6, 6.07) is 12.4. The molecule has 19 heavy (non-hydrogen) atoms. The fraction of sp³-hybridized carbons (Fsp3) is 0. The van der Waals surface area contributed by atoms with Crippen molar-refractivity contribution < 1.29 is 9.18 Å². The SMILES string of the molecule is N#Cc1ccccc1NC(=O)c1cc(F)ccc1Br. The van der Waals surface area contributed by atoms with Crippen LogP contribution in [0.2, 0.25) is 0 Å². The Hall–Kier alpha value is -2.19. The van der Waals surface area contributed by atoms with E-state index in [1.807, 2.05) is 6.07 Å². The van der Waals surface area contributed by atoms with Crippen molar-refractivity contribution in [2.75, 3.05) is 5.32 Å². The number of hydrogen-bond acceptors (Lipinski definition) is 2. The third-order valence-corrected chi connectivity index (χ3v) is 3.16. The molecule has 0 aromatic heterocycles. The number of nitrogens with zero attached hydrogens (tertiary/aromatic N) is 1. The predicted molar refractivity (Wildman–Crippen MR) is 73.2 cm³/mol. The van der Waals surface area contributed by atoms with Gasteiger partial charge in [0.05, 0.1) is 16.8 Å². The van der Waals surface area contributed by atoms with Gasteiger partial charge in [-0.05, 0) is 46.3 Å². The molecule has 0 unspecified atom stereocenters. The first-order valence-electron chi connectivity index (χ1n) is 5.37. The standard InChI is InChI=1S/C14H8BrFN2O/c15-12-6-5-10(16)7-11(12)14(19)18-13-4-2-1-3-9(13)8-17/h1-7H,(H,18,19). The van der Waals surface area contributed by atoms with Crippen molar-refractivity contribution in [2.45, 2.75) is 0 Å². The van der Waals surface area contributed by atoms with Gasteiger partial charge in [-0.1, -0.05) is 12.1 Å². The Morgan fingerprint density at radius 3 is 2.74 bits per heavy atom. The fourth-order valence-corrected chi connectivity index (χ4v) is 1.98. The third-order valence-electron chi connectivity index (χ3n) is 2.47. The molecule has 3 nitrogen and oxygen atoms in total. The fourth-order valence-electron chi connectivity index (χ4n) is 1.55. The van der Waals surface area contributed by atoms with Gasteiger partial charge in [0.2, 0.25) is 0 Å². The number of amides is 1. The molecule has 0 saturated heterocycles. The smallest absolute Gasteiger partial charge is 0.256 e. The maximum Gasteiger partial charge on any atom is 0.256 e. The molecule has 0 bridgehead atoms. The first-order chi connectivity index (χ1) is 9.11. The molecule has 2 aromatic rings. The molecule has 0 aliphatic heterocycles. The number of rotatable bonds is 2. The molecule has 0 radical (unpaired) electrons. The first-order valence-corrected chi connectivity index (χ1v) is 6.16. The van der Waals surface area contributed by atoms with Gasteiger partial charge in [0.15, 0.2) is 0 Å². The lowest BCUT2D eigenvalue weighted by molar-refractivity contribution is 0.102. The van der Waals surface area contributed by atoms with Crippen molar-refractivity contribution in [1.29, 1.82) is 5.26 Å². The van der Waals surface area contributed by atoms with E-state index in [0.29, 0.717) is 15.7 Å².